The van der Waals surface area contributed by atoms with Gasteiger partial charge in [0.05, 0.1) is 4.90 Å². The zero-order valence-corrected chi connectivity index (χ0v) is 13.3. The van der Waals surface area contributed by atoms with Crippen LogP contribution in [0.5, 0.6) is 0 Å². The maximum absolute atomic E-state index is 13.5. The Morgan fingerprint density at radius 1 is 1.40 bits per heavy atom. The average Bonchev–Trinajstić information content (AvgIpc) is 2.29. The Hall–Kier alpha value is -1.14. The molecule has 0 radical (unpaired) electrons. The van der Waals surface area contributed by atoms with Crippen molar-refractivity contribution in [3.63, 3.8) is 0 Å². The third-order valence-corrected chi connectivity index (χ3v) is 4.62. The molecule has 0 fully saturated rings. The van der Waals surface area contributed by atoms with Crippen molar-refractivity contribution in [2.24, 2.45) is 0 Å². The fourth-order valence-corrected chi connectivity index (χ4v) is 2.82. The highest BCUT2D eigenvalue weighted by molar-refractivity contribution is 8.13. The summed E-state index contributed by atoms with van der Waals surface area (Å²) < 4.78 is 36.3. The van der Waals surface area contributed by atoms with E-state index in [0.717, 1.165) is 12.1 Å². The number of rotatable bonds is 4. The molecule has 0 atom stereocenters. The number of benzene rings is 1. The maximum Gasteiger partial charge on any atom is 0.261 e. The Bertz CT molecular complexity index is 641. The molecule has 1 aromatic carbocycles. The van der Waals surface area contributed by atoms with Crippen LogP contribution in [0.4, 0.5) is 4.39 Å². The number of carbonyl (C=O) groups is 1. The van der Waals surface area contributed by atoms with E-state index >= 15 is 0 Å². The predicted octanol–water partition coefficient (Wildman–Crippen LogP) is 2.98. The van der Waals surface area contributed by atoms with Crippen LogP contribution in [0.1, 0.15) is 43.1 Å². The molecule has 20 heavy (non-hydrogen) atoms. The number of nitrogens with one attached hydrogen (secondary N) is 1. The van der Waals surface area contributed by atoms with Gasteiger partial charge in [0, 0.05) is 21.8 Å². The third-order valence-electron chi connectivity index (χ3n) is 3.17. The average molecular weight is 322 g/mol. The van der Waals surface area contributed by atoms with Gasteiger partial charge in [-0.15, -0.1) is 0 Å². The largest absolute Gasteiger partial charge is 0.347 e. The summed E-state index contributed by atoms with van der Waals surface area (Å²) in [5, 5.41) is 2.73. The van der Waals surface area contributed by atoms with Crippen molar-refractivity contribution in [3.8, 4) is 0 Å². The van der Waals surface area contributed by atoms with Gasteiger partial charge < -0.3 is 5.32 Å². The normalized spacial score (nSPS) is 12.3. The monoisotopic (exact) mass is 321 g/mol. The van der Waals surface area contributed by atoms with Crippen LogP contribution in [0.3, 0.4) is 0 Å². The number of amides is 1. The van der Waals surface area contributed by atoms with Crippen LogP contribution in [0.2, 0.25) is 0 Å². The van der Waals surface area contributed by atoms with E-state index in [1.54, 1.807) is 0 Å². The van der Waals surface area contributed by atoms with Crippen LogP contribution in [0, 0.1) is 12.7 Å². The minimum Gasteiger partial charge on any atom is -0.347 e. The Kier molecular flexibility index (Phi) is 4.82. The molecule has 7 heteroatoms. The van der Waals surface area contributed by atoms with Gasteiger partial charge in [-0.1, -0.05) is 6.92 Å². The van der Waals surface area contributed by atoms with E-state index in [0.29, 0.717) is 6.42 Å². The Morgan fingerprint density at radius 2 is 1.95 bits per heavy atom. The van der Waals surface area contributed by atoms with Gasteiger partial charge in [-0.25, -0.2) is 12.8 Å². The van der Waals surface area contributed by atoms with E-state index < -0.39 is 31.2 Å². The number of hydrogen-bond donors (Lipinski definition) is 1. The van der Waals surface area contributed by atoms with Crippen molar-refractivity contribution >= 4 is 25.6 Å². The molecular weight excluding hydrogens is 305 g/mol. The Labute approximate surface area is 122 Å². The quantitative estimate of drug-likeness (QED) is 0.867. The lowest BCUT2D eigenvalue weighted by atomic mass is 10.00. The van der Waals surface area contributed by atoms with Crippen molar-refractivity contribution in [3.05, 3.63) is 29.1 Å². The molecule has 0 aromatic heterocycles. The fourth-order valence-electron chi connectivity index (χ4n) is 1.61. The molecule has 0 aliphatic rings. The molecule has 1 rings (SSSR count). The first-order valence-corrected chi connectivity index (χ1v) is 8.36. The lowest BCUT2D eigenvalue weighted by molar-refractivity contribution is 0.0910. The van der Waals surface area contributed by atoms with Gasteiger partial charge in [-0.05, 0) is 44.9 Å². The number of carbonyl (C=O) groups excluding carboxylic acids is 1. The molecule has 0 saturated heterocycles. The van der Waals surface area contributed by atoms with Crippen molar-refractivity contribution in [2.45, 2.75) is 44.6 Å². The van der Waals surface area contributed by atoms with Crippen molar-refractivity contribution in [1.82, 2.24) is 5.32 Å². The molecule has 0 spiro atoms. The van der Waals surface area contributed by atoms with Crippen LogP contribution >= 0.6 is 10.7 Å². The van der Waals surface area contributed by atoms with Crippen LogP contribution < -0.4 is 5.32 Å². The second-order valence-electron chi connectivity index (χ2n) is 5.21. The molecule has 112 valence electrons. The summed E-state index contributed by atoms with van der Waals surface area (Å²) >= 11 is 0. The van der Waals surface area contributed by atoms with E-state index in [2.05, 4.69) is 5.32 Å². The van der Waals surface area contributed by atoms with Gasteiger partial charge in [0.2, 0.25) is 0 Å². The van der Waals surface area contributed by atoms with Gasteiger partial charge in [-0.2, -0.15) is 0 Å². The zero-order valence-electron chi connectivity index (χ0n) is 11.8. The number of hydrogen-bond acceptors (Lipinski definition) is 3. The van der Waals surface area contributed by atoms with Gasteiger partial charge in [0.25, 0.3) is 15.0 Å². The highest BCUT2D eigenvalue weighted by Crippen LogP contribution is 2.24. The molecule has 0 aliphatic carbocycles. The van der Waals surface area contributed by atoms with Gasteiger partial charge in [-0.3, -0.25) is 4.79 Å². The predicted molar refractivity (Wildman–Crippen MR) is 76.0 cm³/mol. The second kappa shape index (κ2) is 5.69. The molecule has 1 N–H and O–H groups in total. The zero-order chi connectivity index (χ0) is 15.7. The minimum atomic E-state index is -4.11. The summed E-state index contributed by atoms with van der Waals surface area (Å²) in [6.45, 7) is 6.95. The van der Waals surface area contributed by atoms with Crippen LogP contribution in [-0.2, 0) is 9.05 Å². The fraction of sp³-hybridized carbons (Fsp3) is 0.462. The first-order valence-electron chi connectivity index (χ1n) is 6.05. The second-order valence-corrected chi connectivity index (χ2v) is 7.74. The highest BCUT2D eigenvalue weighted by atomic mass is 35.7. The van der Waals surface area contributed by atoms with Crippen LogP contribution in [0.15, 0.2) is 17.0 Å². The Morgan fingerprint density at radius 3 is 2.40 bits per heavy atom. The van der Waals surface area contributed by atoms with E-state index in [-0.39, 0.29) is 11.1 Å². The molecule has 1 amide bonds. The number of halogens is 2. The summed E-state index contributed by atoms with van der Waals surface area (Å²) in [6.07, 6.45) is 0.674. The molecule has 0 unspecified atom stereocenters. The topological polar surface area (TPSA) is 63.2 Å². The standard InChI is InChI=1S/C13H17ClFNO3S/c1-5-13(3,4)16-12(17)10-6-9(15)7-11(8(10)2)20(14,18)19/h6-7H,5H2,1-4H3,(H,16,17). The lowest BCUT2D eigenvalue weighted by Gasteiger charge is -2.25. The lowest BCUT2D eigenvalue weighted by Crippen LogP contribution is -2.43. The first-order chi connectivity index (χ1) is 8.98. The van der Waals surface area contributed by atoms with Crippen molar-refractivity contribution < 1.29 is 17.6 Å². The Balaban J connectivity index is 3.33. The maximum atomic E-state index is 13.5. The van der Waals surface area contributed by atoms with Crippen LogP contribution in [0.25, 0.3) is 0 Å². The molecule has 0 saturated carbocycles. The van der Waals surface area contributed by atoms with Crippen molar-refractivity contribution in [1.29, 1.82) is 0 Å². The summed E-state index contributed by atoms with van der Waals surface area (Å²) in [5.41, 5.74) is -0.382. The van der Waals surface area contributed by atoms with Crippen molar-refractivity contribution in [2.75, 3.05) is 0 Å². The summed E-state index contributed by atoms with van der Waals surface area (Å²) in [6, 6.07) is 1.81. The minimum absolute atomic E-state index is 0.0363. The van der Waals surface area contributed by atoms with E-state index in [1.165, 1.54) is 6.92 Å². The van der Waals surface area contributed by atoms with E-state index in [4.69, 9.17) is 10.7 Å². The molecule has 0 bridgehead atoms. The molecule has 0 aliphatic heterocycles. The van der Waals surface area contributed by atoms with Gasteiger partial charge >= 0.3 is 0 Å². The summed E-state index contributed by atoms with van der Waals surface area (Å²) in [4.78, 5) is 11.8. The van der Waals surface area contributed by atoms with Crippen LogP contribution in [-0.4, -0.2) is 19.9 Å². The molecule has 4 nitrogen and oxygen atoms in total. The van der Waals surface area contributed by atoms with E-state index in [9.17, 15) is 17.6 Å². The third kappa shape index (κ3) is 3.93. The SMILES string of the molecule is CCC(C)(C)NC(=O)c1cc(F)cc(S(=O)(=O)Cl)c1C. The smallest absolute Gasteiger partial charge is 0.261 e. The molecule has 1 aromatic rings. The first kappa shape index (κ1) is 16.9. The highest BCUT2D eigenvalue weighted by Gasteiger charge is 2.24. The summed E-state index contributed by atoms with van der Waals surface area (Å²) in [5.74, 6) is -1.36. The summed E-state index contributed by atoms with van der Waals surface area (Å²) in [7, 11) is 1.14. The molecular formula is C13H17ClFNO3S. The molecule has 0 heterocycles. The van der Waals surface area contributed by atoms with E-state index in [1.807, 2.05) is 20.8 Å². The van der Waals surface area contributed by atoms with Gasteiger partial charge in [0.1, 0.15) is 5.82 Å². The van der Waals surface area contributed by atoms with Gasteiger partial charge in [0.15, 0.2) is 0 Å².